The van der Waals surface area contributed by atoms with E-state index in [2.05, 4.69) is 15.3 Å². The van der Waals surface area contributed by atoms with Crippen molar-refractivity contribution in [3.63, 3.8) is 0 Å². The van der Waals surface area contributed by atoms with E-state index >= 15 is 0 Å². The van der Waals surface area contributed by atoms with E-state index in [9.17, 15) is 0 Å². The number of anilines is 2. The number of nitrogen functional groups attached to an aromatic ring is 1. The lowest BCUT2D eigenvalue weighted by atomic mass is 10.2. The highest BCUT2D eigenvalue weighted by atomic mass is 35.5. The number of benzene rings is 1. The SMILES string of the molecule is Nc1c(NCC2CCCO2)ncnc1Sc1ccc(Cl)cc1. The zero-order valence-electron chi connectivity index (χ0n) is 12.0. The fourth-order valence-electron chi connectivity index (χ4n) is 2.23. The molecule has 1 aliphatic rings. The second-order valence-corrected chi connectivity index (χ2v) is 6.51. The van der Waals surface area contributed by atoms with Crippen molar-refractivity contribution in [3.05, 3.63) is 35.6 Å². The molecule has 1 unspecified atom stereocenters. The van der Waals surface area contributed by atoms with E-state index in [1.165, 1.54) is 18.1 Å². The first-order valence-corrected chi connectivity index (χ1v) is 8.31. The summed E-state index contributed by atoms with van der Waals surface area (Å²) in [6.07, 6.45) is 3.95. The van der Waals surface area contributed by atoms with Crippen molar-refractivity contribution in [1.82, 2.24) is 9.97 Å². The van der Waals surface area contributed by atoms with E-state index in [0.29, 0.717) is 23.1 Å². The first kappa shape index (κ1) is 15.4. The highest BCUT2D eigenvalue weighted by molar-refractivity contribution is 7.99. The molecule has 0 spiro atoms. The predicted molar refractivity (Wildman–Crippen MR) is 89.5 cm³/mol. The van der Waals surface area contributed by atoms with Gasteiger partial charge in [0, 0.05) is 23.1 Å². The van der Waals surface area contributed by atoms with Gasteiger partial charge in [-0.2, -0.15) is 0 Å². The molecular formula is C15H17ClN4OS. The van der Waals surface area contributed by atoms with E-state index in [1.807, 2.05) is 24.3 Å². The van der Waals surface area contributed by atoms with Gasteiger partial charge in [-0.3, -0.25) is 0 Å². The second-order valence-electron chi connectivity index (χ2n) is 5.01. The van der Waals surface area contributed by atoms with Gasteiger partial charge in [-0.25, -0.2) is 9.97 Å². The van der Waals surface area contributed by atoms with Gasteiger partial charge in [-0.15, -0.1) is 0 Å². The number of nitrogens with two attached hydrogens (primary N) is 1. The van der Waals surface area contributed by atoms with Crippen LogP contribution in [0.25, 0.3) is 0 Å². The van der Waals surface area contributed by atoms with Crippen LogP contribution in [0.2, 0.25) is 5.02 Å². The maximum Gasteiger partial charge on any atom is 0.153 e. The lowest BCUT2D eigenvalue weighted by Gasteiger charge is -2.14. The summed E-state index contributed by atoms with van der Waals surface area (Å²) in [6.45, 7) is 1.55. The van der Waals surface area contributed by atoms with Crippen LogP contribution >= 0.6 is 23.4 Å². The molecule has 0 radical (unpaired) electrons. The van der Waals surface area contributed by atoms with Gasteiger partial charge in [0.1, 0.15) is 17.0 Å². The smallest absolute Gasteiger partial charge is 0.153 e. The molecule has 1 aromatic heterocycles. The van der Waals surface area contributed by atoms with Crippen LogP contribution in [0.3, 0.4) is 0 Å². The van der Waals surface area contributed by atoms with Crippen LogP contribution in [0.15, 0.2) is 40.5 Å². The third kappa shape index (κ3) is 3.82. The molecule has 3 N–H and O–H groups in total. The standard InChI is InChI=1S/C15H17ClN4OS/c16-10-3-5-12(6-4-10)22-15-13(17)14(19-9-20-15)18-8-11-2-1-7-21-11/h3-6,9,11H,1-2,7-8,17H2,(H,18,19,20). The van der Waals surface area contributed by atoms with Crippen molar-refractivity contribution in [2.45, 2.75) is 28.9 Å². The summed E-state index contributed by atoms with van der Waals surface area (Å²) < 4.78 is 5.59. The minimum absolute atomic E-state index is 0.238. The number of hydrogen-bond acceptors (Lipinski definition) is 6. The molecular weight excluding hydrogens is 320 g/mol. The first-order chi connectivity index (χ1) is 10.7. The topological polar surface area (TPSA) is 73.1 Å². The summed E-state index contributed by atoms with van der Waals surface area (Å²) in [5.74, 6) is 0.655. The van der Waals surface area contributed by atoms with Crippen LogP contribution in [0.5, 0.6) is 0 Å². The summed E-state index contributed by atoms with van der Waals surface area (Å²) in [6, 6.07) is 7.57. The molecule has 0 saturated carbocycles. The lowest BCUT2D eigenvalue weighted by molar-refractivity contribution is 0.120. The summed E-state index contributed by atoms with van der Waals surface area (Å²) in [4.78, 5) is 9.51. The van der Waals surface area contributed by atoms with Gasteiger partial charge in [0.25, 0.3) is 0 Å². The molecule has 1 aromatic carbocycles. The van der Waals surface area contributed by atoms with Gasteiger partial charge in [0.05, 0.1) is 6.10 Å². The third-order valence-corrected chi connectivity index (χ3v) is 4.68. The monoisotopic (exact) mass is 336 g/mol. The minimum atomic E-state index is 0.238. The summed E-state index contributed by atoms with van der Waals surface area (Å²) in [7, 11) is 0. The highest BCUT2D eigenvalue weighted by Gasteiger charge is 2.16. The molecule has 2 aromatic rings. The normalized spacial score (nSPS) is 17.6. The van der Waals surface area contributed by atoms with Crippen LogP contribution in [0.1, 0.15) is 12.8 Å². The Bertz CT molecular complexity index is 632. The summed E-state index contributed by atoms with van der Waals surface area (Å²) in [5.41, 5.74) is 6.73. The average molecular weight is 337 g/mol. The molecule has 2 heterocycles. The second kappa shape index (κ2) is 7.17. The minimum Gasteiger partial charge on any atom is -0.394 e. The maximum absolute atomic E-state index is 6.17. The molecule has 1 saturated heterocycles. The van der Waals surface area contributed by atoms with Crippen molar-refractivity contribution in [2.24, 2.45) is 0 Å². The Hall–Kier alpha value is -1.50. The fraction of sp³-hybridized carbons (Fsp3) is 0.333. The number of nitrogens with one attached hydrogen (secondary N) is 1. The molecule has 5 nitrogen and oxygen atoms in total. The van der Waals surface area contributed by atoms with Crippen molar-refractivity contribution in [1.29, 1.82) is 0 Å². The van der Waals surface area contributed by atoms with E-state index in [0.717, 1.165) is 29.4 Å². The Balaban J connectivity index is 1.69. The molecule has 0 amide bonds. The van der Waals surface area contributed by atoms with Gasteiger partial charge in [0.2, 0.25) is 0 Å². The Kier molecular flexibility index (Phi) is 5.02. The van der Waals surface area contributed by atoms with E-state index < -0.39 is 0 Å². The van der Waals surface area contributed by atoms with Crippen LogP contribution < -0.4 is 11.1 Å². The zero-order chi connectivity index (χ0) is 15.4. The van der Waals surface area contributed by atoms with E-state index in [-0.39, 0.29) is 6.10 Å². The van der Waals surface area contributed by atoms with Gasteiger partial charge < -0.3 is 15.8 Å². The number of halogens is 1. The van der Waals surface area contributed by atoms with E-state index in [1.54, 1.807) is 0 Å². The number of rotatable bonds is 5. The molecule has 3 rings (SSSR count). The van der Waals surface area contributed by atoms with Gasteiger partial charge in [0.15, 0.2) is 5.82 Å². The quantitative estimate of drug-likeness (QED) is 0.815. The molecule has 1 fully saturated rings. The number of hydrogen-bond donors (Lipinski definition) is 2. The lowest BCUT2D eigenvalue weighted by Crippen LogP contribution is -2.19. The van der Waals surface area contributed by atoms with Crippen LogP contribution in [0.4, 0.5) is 11.5 Å². The van der Waals surface area contributed by atoms with Gasteiger partial charge >= 0.3 is 0 Å². The molecule has 1 atom stereocenters. The number of ether oxygens (including phenoxy) is 1. The van der Waals surface area contributed by atoms with Crippen LogP contribution in [-0.4, -0.2) is 29.2 Å². The molecule has 22 heavy (non-hydrogen) atoms. The Morgan fingerprint density at radius 1 is 1.32 bits per heavy atom. The van der Waals surface area contributed by atoms with Crippen molar-refractivity contribution in [3.8, 4) is 0 Å². The fourth-order valence-corrected chi connectivity index (χ4v) is 3.16. The zero-order valence-corrected chi connectivity index (χ0v) is 13.5. The number of aromatic nitrogens is 2. The van der Waals surface area contributed by atoms with Gasteiger partial charge in [-0.1, -0.05) is 23.4 Å². The van der Waals surface area contributed by atoms with Crippen LogP contribution in [-0.2, 0) is 4.74 Å². The van der Waals surface area contributed by atoms with E-state index in [4.69, 9.17) is 22.1 Å². The molecule has 116 valence electrons. The molecule has 1 aliphatic heterocycles. The van der Waals surface area contributed by atoms with Crippen molar-refractivity contribution >= 4 is 34.9 Å². The van der Waals surface area contributed by atoms with Crippen molar-refractivity contribution < 1.29 is 4.74 Å². The Morgan fingerprint density at radius 2 is 2.14 bits per heavy atom. The Labute approximate surface area is 138 Å². The molecule has 0 bridgehead atoms. The third-order valence-electron chi connectivity index (χ3n) is 3.40. The molecule has 7 heteroatoms. The molecule has 0 aliphatic carbocycles. The maximum atomic E-state index is 6.17. The van der Waals surface area contributed by atoms with Crippen molar-refractivity contribution in [2.75, 3.05) is 24.2 Å². The van der Waals surface area contributed by atoms with Crippen LogP contribution in [0, 0.1) is 0 Å². The van der Waals surface area contributed by atoms with Gasteiger partial charge in [-0.05, 0) is 37.1 Å². The predicted octanol–water partition coefficient (Wildman–Crippen LogP) is 3.45. The average Bonchev–Trinajstić information content (AvgIpc) is 3.04. The Morgan fingerprint density at radius 3 is 2.86 bits per heavy atom. The first-order valence-electron chi connectivity index (χ1n) is 7.12. The summed E-state index contributed by atoms with van der Waals surface area (Å²) >= 11 is 7.38. The summed E-state index contributed by atoms with van der Waals surface area (Å²) in [5, 5.41) is 4.69. The number of nitrogens with zero attached hydrogens (tertiary/aromatic N) is 2. The largest absolute Gasteiger partial charge is 0.394 e. The highest BCUT2D eigenvalue weighted by Crippen LogP contribution is 2.33.